The average Bonchev–Trinajstić information content (AvgIpc) is 2.87. The largest absolute Gasteiger partial charge is 0.507 e. The molecule has 0 aliphatic carbocycles. The van der Waals surface area contributed by atoms with Crippen LogP contribution in [0.25, 0.3) is 5.76 Å². The van der Waals surface area contributed by atoms with Crippen LogP contribution in [-0.4, -0.2) is 28.2 Å². The Morgan fingerprint density at radius 3 is 2.52 bits per heavy atom. The van der Waals surface area contributed by atoms with Gasteiger partial charge in [-0.05, 0) is 17.7 Å². The number of likely N-dealkylation sites (tertiary alicyclic amines) is 1. The summed E-state index contributed by atoms with van der Waals surface area (Å²) in [5.74, 6) is -2.30. The molecule has 1 saturated heterocycles. The maximum atomic E-state index is 13.7. The van der Waals surface area contributed by atoms with Gasteiger partial charge < -0.3 is 10.0 Å². The lowest BCUT2D eigenvalue weighted by Gasteiger charge is -2.24. The molecule has 0 aromatic heterocycles. The molecule has 5 heteroatoms. The minimum Gasteiger partial charge on any atom is -0.507 e. The smallest absolute Gasteiger partial charge is 0.295 e. The highest BCUT2D eigenvalue weighted by Crippen LogP contribution is 2.39. The molecule has 1 heterocycles. The van der Waals surface area contributed by atoms with Gasteiger partial charge in [0.2, 0.25) is 0 Å². The molecule has 2 aromatic carbocycles. The predicted octanol–water partition coefficient (Wildman–Crippen LogP) is 3.43. The Labute approximate surface area is 144 Å². The van der Waals surface area contributed by atoms with Crippen molar-refractivity contribution in [2.45, 2.75) is 6.04 Å². The molecular weight excluding hydrogens is 321 g/mol. The van der Waals surface area contributed by atoms with Crippen LogP contribution in [0.5, 0.6) is 0 Å². The van der Waals surface area contributed by atoms with Gasteiger partial charge in [0.15, 0.2) is 0 Å². The fourth-order valence-corrected chi connectivity index (χ4v) is 2.98. The molecule has 1 amide bonds. The Balaban J connectivity index is 2.21. The van der Waals surface area contributed by atoms with Gasteiger partial charge in [0.05, 0.1) is 11.6 Å². The number of carbonyl (C=O) groups excluding carboxylic acids is 2. The summed E-state index contributed by atoms with van der Waals surface area (Å²) in [6.07, 6.45) is 1.49. The van der Waals surface area contributed by atoms with E-state index in [1.165, 1.54) is 29.2 Å². The van der Waals surface area contributed by atoms with Gasteiger partial charge in [-0.15, -0.1) is 6.58 Å². The lowest BCUT2D eigenvalue weighted by Crippen LogP contribution is -2.29. The van der Waals surface area contributed by atoms with E-state index in [1.54, 1.807) is 36.4 Å². The van der Waals surface area contributed by atoms with Gasteiger partial charge in [-0.2, -0.15) is 0 Å². The van der Waals surface area contributed by atoms with Gasteiger partial charge >= 0.3 is 0 Å². The van der Waals surface area contributed by atoms with Crippen LogP contribution in [0.1, 0.15) is 17.2 Å². The first-order valence-corrected chi connectivity index (χ1v) is 7.74. The lowest BCUT2D eigenvalue weighted by molar-refractivity contribution is -0.139. The molecule has 0 radical (unpaired) electrons. The highest BCUT2D eigenvalue weighted by atomic mass is 19.1. The minimum absolute atomic E-state index is 0.0522. The van der Waals surface area contributed by atoms with E-state index >= 15 is 0 Å². The summed E-state index contributed by atoms with van der Waals surface area (Å²) in [6.45, 7) is 3.71. The van der Waals surface area contributed by atoms with Crippen LogP contribution in [0, 0.1) is 5.82 Å². The summed E-state index contributed by atoms with van der Waals surface area (Å²) in [5, 5.41) is 10.7. The van der Waals surface area contributed by atoms with Crippen molar-refractivity contribution in [3.8, 4) is 0 Å². The van der Waals surface area contributed by atoms with E-state index in [2.05, 4.69) is 6.58 Å². The SMILES string of the molecule is C=CCN1C(=O)C(=O)C(=C(O)c2ccccc2)[C@@H]1c1cccc(F)c1. The van der Waals surface area contributed by atoms with Gasteiger partial charge in [0, 0.05) is 12.1 Å². The van der Waals surface area contributed by atoms with Gasteiger partial charge in [0.25, 0.3) is 11.7 Å². The van der Waals surface area contributed by atoms with Crippen LogP contribution in [0.2, 0.25) is 0 Å². The van der Waals surface area contributed by atoms with Crippen molar-refractivity contribution in [3.63, 3.8) is 0 Å². The molecule has 3 rings (SSSR count). The Morgan fingerprint density at radius 2 is 1.88 bits per heavy atom. The Kier molecular flexibility index (Phi) is 4.48. The Morgan fingerprint density at radius 1 is 1.16 bits per heavy atom. The molecule has 0 spiro atoms. The molecule has 1 aliphatic heterocycles. The number of rotatable bonds is 4. The number of halogens is 1. The average molecular weight is 337 g/mol. The molecule has 4 nitrogen and oxygen atoms in total. The van der Waals surface area contributed by atoms with Crippen molar-refractivity contribution >= 4 is 17.4 Å². The van der Waals surface area contributed by atoms with Crippen LogP contribution >= 0.6 is 0 Å². The maximum Gasteiger partial charge on any atom is 0.295 e. The molecule has 0 saturated carbocycles. The number of ketones is 1. The van der Waals surface area contributed by atoms with E-state index in [9.17, 15) is 19.1 Å². The molecule has 2 aromatic rings. The lowest BCUT2D eigenvalue weighted by atomic mass is 9.95. The summed E-state index contributed by atoms with van der Waals surface area (Å²) in [6, 6.07) is 13.3. The zero-order valence-electron chi connectivity index (χ0n) is 13.4. The molecule has 1 N–H and O–H groups in total. The van der Waals surface area contributed by atoms with Crippen LogP contribution in [-0.2, 0) is 9.59 Å². The topological polar surface area (TPSA) is 57.6 Å². The highest BCUT2D eigenvalue weighted by molar-refractivity contribution is 6.46. The first kappa shape index (κ1) is 16.6. The summed E-state index contributed by atoms with van der Waals surface area (Å²) >= 11 is 0. The van der Waals surface area contributed by atoms with Gasteiger partial charge in [-0.25, -0.2) is 4.39 Å². The number of carbonyl (C=O) groups is 2. The predicted molar refractivity (Wildman–Crippen MR) is 92.0 cm³/mol. The number of aliphatic hydroxyl groups excluding tert-OH is 1. The van der Waals surface area contributed by atoms with Crippen LogP contribution in [0.15, 0.2) is 72.8 Å². The third-order valence-electron chi connectivity index (χ3n) is 4.08. The van der Waals surface area contributed by atoms with E-state index in [0.717, 1.165) is 0 Å². The van der Waals surface area contributed by atoms with Gasteiger partial charge in [0.1, 0.15) is 11.6 Å². The fourth-order valence-electron chi connectivity index (χ4n) is 2.98. The second kappa shape index (κ2) is 6.73. The monoisotopic (exact) mass is 337 g/mol. The summed E-state index contributed by atoms with van der Waals surface area (Å²) in [5.41, 5.74) is 0.780. The summed E-state index contributed by atoms with van der Waals surface area (Å²) in [7, 11) is 0. The van der Waals surface area contributed by atoms with Crippen molar-refractivity contribution in [2.24, 2.45) is 0 Å². The number of benzene rings is 2. The first-order chi connectivity index (χ1) is 12.0. The molecule has 1 aliphatic rings. The third kappa shape index (κ3) is 2.96. The molecular formula is C20H16FNO3. The van der Waals surface area contributed by atoms with Crippen LogP contribution in [0.4, 0.5) is 4.39 Å². The molecule has 1 fully saturated rings. The third-order valence-corrected chi connectivity index (χ3v) is 4.08. The number of amides is 1. The molecule has 25 heavy (non-hydrogen) atoms. The molecule has 0 unspecified atom stereocenters. The van der Waals surface area contributed by atoms with Crippen molar-refractivity contribution in [2.75, 3.05) is 6.54 Å². The zero-order valence-corrected chi connectivity index (χ0v) is 13.4. The first-order valence-electron chi connectivity index (χ1n) is 7.74. The zero-order chi connectivity index (χ0) is 18.0. The molecule has 126 valence electrons. The van der Waals surface area contributed by atoms with Crippen molar-refractivity contribution in [1.29, 1.82) is 0 Å². The van der Waals surface area contributed by atoms with Crippen LogP contribution < -0.4 is 0 Å². The normalized spacial score (nSPS) is 19.2. The molecule has 0 bridgehead atoms. The number of nitrogens with zero attached hydrogens (tertiary/aromatic N) is 1. The Hall–Kier alpha value is -3.21. The second-order valence-corrected chi connectivity index (χ2v) is 5.66. The standard InChI is InChI=1S/C20H16FNO3/c1-2-11-22-17(14-9-6-10-15(21)12-14)16(19(24)20(22)25)18(23)13-7-4-3-5-8-13/h2-10,12,17,23H,1,11H2/t17-/m0/s1. The fraction of sp³-hybridized carbons (Fsp3) is 0.100. The number of hydrogen-bond donors (Lipinski definition) is 1. The summed E-state index contributed by atoms with van der Waals surface area (Å²) in [4.78, 5) is 26.2. The summed E-state index contributed by atoms with van der Waals surface area (Å²) < 4.78 is 13.7. The van der Waals surface area contributed by atoms with E-state index in [1.807, 2.05) is 0 Å². The van der Waals surface area contributed by atoms with Gasteiger partial charge in [-0.1, -0.05) is 48.5 Å². The van der Waals surface area contributed by atoms with Crippen LogP contribution in [0.3, 0.4) is 0 Å². The molecule has 1 atom stereocenters. The van der Waals surface area contributed by atoms with E-state index in [4.69, 9.17) is 0 Å². The minimum atomic E-state index is -0.867. The van der Waals surface area contributed by atoms with E-state index in [0.29, 0.717) is 11.1 Å². The van der Waals surface area contributed by atoms with Crippen molar-refractivity contribution in [3.05, 3.63) is 89.8 Å². The number of hydrogen-bond acceptors (Lipinski definition) is 3. The van der Waals surface area contributed by atoms with E-state index in [-0.39, 0.29) is 17.9 Å². The maximum absolute atomic E-state index is 13.7. The highest BCUT2D eigenvalue weighted by Gasteiger charge is 2.45. The number of aliphatic hydroxyl groups is 1. The second-order valence-electron chi connectivity index (χ2n) is 5.66. The van der Waals surface area contributed by atoms with Gasteiger partial charge in [-0.3, -0.25) is 9.59 Å². The van der Waals surface area contributed by atoms with E-state index < -0.39 is 23.5 Å². The van der Waals surface area contributed by atoms with Crippen molar-refractivity contribution < 1.29 is 19.1 Å². The Bertz CT molecular complexity index is 874. The number of Topliss-reactive ketones (excluding diaryl/α,β-unsaturated/α-hetero) is 1. The van der Waals surface area contributed by atoms with Crippen molar-refractivity contribution in [1.82, 2.24) is 4.90 Å². The quantitative estimate of drug-likeness (QED) is 0.402.